The second kappa shape index (κ2) is 10.2. The standard InChI is InChI=1S/C26H27ClFN3O5S2/c1-15-10-19(29-24(33)21-11-16-4-2-3-5-20(16)37-21)25(34)31(15)9-8-26(14-32)13-23(26)30-38(35,36)22-7-6-17(28)12-18(22)27/h2-7,11-12,15,19,23,30,32H,8-10,13-14H2,1H3,(H,29,33). The van der Waals surface area contributed by atoms with Crippen molar-refractivity contribution < 1.29 is 27.5 Å². The van der Waals surface area contributed by atoms with Gasteiger partial charge < -0.3 is 15.3 Å². The van der Waals surface area contributed by atoms with Crippen LogP contribution in [0.1, 0.15) is 35.9 Å². The molecule has 3 N–H and O–H groups in total. The minimum atomic E-state index is -4.03. The molecule has 8 nitrogen and oxygen atoms in total. The van der Waals surface area contributed by atoms with Crippen LogP contribution >= 0.6 is 22.9 Å². The summed E-state index contributed by atoms with van der Waals surface area (Å²) < 4.78 is 42.5. The summed E-state index contributed by atoms with van der Waals surface area (Å²) in [6, 6.07) is 11.2. The third-order valence-electron chi connectivity index (χ3n) is 7.48. The van der Waals surface area contributed by atoms with Gasteiger partial charge in [-0.3, -0.25) is 9.59 Å². The molecule has 38 heavy (non-hydrogen) atoms. The van der Waals surface area contributed by atoms with E-state index in [9.17, 15) is 27.5 Å². The van der Waals surface area contributed by atoms with Crippen molar-refractivity contribution in [2.75, 3.05) is 13.2 Å². The number of nitrogens with one attached hydrogen (secondary N) is 2. The number of hydrogen-bond donors (Lipinski definition) is 3. The van der Waals surface area contributed by atoms with E-state index in [4.69, 9.17) is 11.6 Å². The summed E-state index contributed by atoms with van der Waals surface area (Å²) in [5, 5.41) is 13.7. The van der Waals surface area contributed by atoms with Crippen LogP contribution in [0.4, 0.5) is 4.39 Å². The van der Waals surface area contributed by atoms with Crippen LogP contribution in [0.3, 0.4) is 0 Å². The van der Waals surface area contributed by atoms with Crippen LogP contribution in [-0.4, -0.2) is 61.5 Å². The fourth-order valence-electron chi connectivity index (χ4n) is 5.09. The predicted octanol–water partition coefficient (Wildman–Crippen LogP) is 3.53. The lowest BCUT2D eigenvalue weighted by Gasteiger charge is -2.25. The Hall–Kier alpha value is -2.57. The maximum atomic E-state index is 13.3. The molecule has 2 fully saturated rings. The van der Waals surface area contributed by atoms with Crippen LogP contribution in [0.25, 0.3) is 10.1 Å². The molecule has 2 heterocycles. The van der Waals surface area contributed by atoms with Gasteiger partial charge in [-0.25, -0.2) is 17.5 Å². The molecule has 4 atom stereocenters. The number of hydrogen-bond acceptors (Lipinski definition) is 6. The summed E-state index contributed by atoms with van der Waals surface area (Å²) in [5.74, 6) is -1.13. The van der Waals surface area contributed by atoms with Gasteiger partial charge in [0.05, 0.1) is 16.5 Å². The van der Waals surface area contributed by atoms with Crippen molar-refractivity contribution in [3.8, 4) is 0 Å². The van der Waals surface area contributed by atoms with Crippen LogP contribution < -0.4 is 10.0 Å². The van der Waals surface area contributed by atoms with E-state index >= 15 is 0 Å². The Morgan fingerprint density at radius 2 is 2.03 bits per heavy atom. The molecule has 4 unspecified atom stereocenters. The summed E-state index contributed by atoms with van der Waals surface area (Å²) in [6.45, 7) is 1.95. The lowest BCUT2D eigenvalue weighted by atomic mass is 10.0. The number of sulfonamides is 1. The zero-order valence-electron chi connectivity index (χ0n) is 20.5. The summed E-state index contributed by atoms with van der Waals surface area (Å²) in [6.07, 6.45) is 1.23. The lowest BCUT2D eigenvalue weighted by Crippen LogP contribution is -2.42. The highest BCUT2D eigenvalue weighted by atomic mass is 35.5. The predicted molar refractivity (Wildman–Crippen MR) is 143 cm³/mol. The average Bonchev–Trinajstić information content (AvgIpc) is 3.22. The molecule has 1 saturated carbocycles. The number of aliphatic hydroxyl groups is 1. The molecular weight excluding hydrogens is 553 g/mol. The van der Waals surface area contributed by atoms with E-state index < -0.39 is 33.3 Å². The molecule has 0 spiro atoms. The lowest BCUT2D eigenvalue weighted by molar-refractivity contribution is -0.130. The van der Waals surface area contributed by atoms with Gasteiger partial charge in [-0.15, -0.1) is 11.3 Å². The number of nitrogens with zero attached hydrogens (tertiary/aromatic N) is 1. The molecule has 1 aromatic heterocycles. The Labute approximate surface area is 228 Å². The molecule has 202 valence electrons. The molecule has 2 aromatic carbocycles. The Morgan fingerprint density at radius 1 is 1.26 bits per heavy atom. The first kappa shape index (κ1) is 27.0. The Morgan fingerprint density at radius 3 is 2.74 bits per heavy atom. The molecule has 1 aliphatic heterocycles. The van der Waals surface area contributed by atoms with Gasteiger partial charge in [0.15, 0.2) is 0 Å². The number of carbonyl (C=O) groups excluding carboxylic acids is 2. The first-order valence-electron chi connectivity index (χ1n) is 12.2. The molecule has 1 saturated heterocycles. The Balaban J connectivity index is 1.19. The topological polar surface area (TPSA) is 116 Å². The monoisotopic (exact) mass is 579 g/mol. The number of aliphatic hydroxyl groups excluding tert-OH is 1. The van der Waals surface area contributed by atoms with Gasteiger partial charge >= 0.3 is 0 Å². The van der Waals surface area contributed by atoms with Crippen LogP contribution in [0.2, 0.25) is 5.02 Å². The largest absolute Gasteiger partial charge is 0.396 e. The highest BCUT2D eigenvalue weighted by Crippen LogP contribution is 2.49. The van der Waals surface area contributed by atoms with Gasteiger partial charge in [-0.1, -0.05) is 29.8 Å². The summed E-state index contributed by atoms with van der Waals surface area (Å²) >= 11 is 7.30. The van der Waals surface area contributed by atoms with E-state index in [-0.39, 0.29) is 34.4 Å². The molecule has 2 aliphatic rings. The van der Waals surface area contributed by atoms with Crippen molar-refractivity contribution in [1.82, 2.24) is 14.9 Å². The smallest absolute Gasteiger partial charge is 0.262 e. The third-order valence-corrected chi connectivity index (χ3v) is 10.6. The second-order valence-electron chi connectivity index (χ2n) is 10.0. The van der Waals surface area contributed by atoms with Gasteiger partial charge in [-0.05, 0) is 61.9 Å². The fourth-order valence-corrected chi connectivity index (χ4v) is 7.93. The first-order valence-corrected chi connectivity index (χ1v) is 14.9. The number of halogens is 2. The number of rotatable bonds is 9. The van der Waals surface area contributed by atoms with E-state index in [1.165, 1.54) is 11.3 Å². The first-order chi connectivity index (χ1) is 18.0. The van der Waals surface area contributed by atoms with Crippen molar-refractivity contribution in [3.63, 3.8) is 0 Å². The molecule has 12 heteroatoms. The van der Waals surface area contributed by atoms with Gasteiger partial charge in [0.2, 0.25) is 15.9 Å². The van der Waals surface area contributed by atoms with Crippen molar-refractivity contribution in [1.29, 1.82) is 0 Å². The highest BCUT2D eigenvalue weighted by Gasteiger charge is 2.55. The molecule has 1 aliphatic carbocycles. The van der Waals surface area contributed by atoms with Crippen LogP contribution in [0, 0.1) is 11.2 Å². The summed E-state index contributed by atoms with van der Waals surface area (Å²) in [5.41, 5.74) is -0.724. The molecular formula is C26H27ClFN3O5S2. The number of carbonyl (C=O) groups is 2. The van der Waals surface area contributed by atoms with Gasteiger partial charge in [0.1, 0.15) is 16.8 Å². The molecule has 0 bridgehead atoms. The van der Waals surface area contributed by atoms with Gasteiger partial charge in [0, 0.05) is 28.7 Å². The number of benzene rings is 2. The van der Waals surface area contributed by atoms with Crippen molar-refractivity contribution in [2.24, 2.45) is 5.41 Å². The van der Waals surface area contributed by atoms with Gasteiger partial charge in [-0.2, -0.15) is 0 Å². The van der Waals surface area contributed by atoms with E-state index in [0.29, 0.717) is 30.7 Å². The quantitative estimate of drug-likeness (QED) is 0.359. The highest BCUT2D eigenvalue weighted by molar-refractivity contribution is 7.89. The SMILES string of the molecule is CC1CC(NC(=O)c2cc3ccccc3s2)C(=O)N1CCC1(CO)CC1NS(=O)(=O)c1ccc(F)cc1Cl. The molecule has 2 amide bonds. The fraction of sp³-hybridized carbons (Fsp3) is 0.385. The number of fused-ring (bicyclic) bond motifs is 1. The Kier molecular flexibility index (Phi) is 7.25. The second-order valence-corrected chi connectivity index (χ2v) is 13.2. The van der Waals surface area contributed by atoms with Crippen molar-refractivity contribution >= 4 is 54.9 Å². The normalized spacial score (nSPS) is 25.2. The summed E-state index contributed by atoms with van der Waals surface area (Å²) in [4.78, 5) is 28.0. The number of amides is 2. The number of thiophene rings is 1. The minimum Gasteiger partial charge on any atom is -0.396 e. The van der Waals surface area contributed by atoms with E-state index in [1.807, 2.05) is 37.3 Å². The van der Waals surface area contributed by atoms with Crippen molar-refractivity contribution in [3.05, 3.63) is 64.2 Å². The van der Waals surface area contributed by atoms with Crippen molar-refractivity contribution in [2.45, 2.75) is 49.2 Å². The summed E-state index contributed by atoms with van der Waals surface area (Å²) in [7, 11) is -4.03. The van der Waals surface area contributed by atoms with E-state index in [2.05, 4.69) is 10.0 Å². The third kappa shape index (κ3) is 5.17. The van der Waals surface area contributed by atoms with Crippen LogP contribution in [-0.2, 0) is 14.8 Å². The van der Waals surface area contributed by atoms with Crippen LogP contribution in [0.5, 0.6) is 0 Å². The maximum Gasteiger partial charge on any atom is 0.262 e. The molecule has 3 aromatic rings. The average molecular weight is 580 g/mol. The zero-order chi connectivity index (χ0) is 27.2. The van der Waals surface area contributed by atoms with Crippen LogP contribution in [0.15, 0.2) is 53.4 Å². The van der Waals surface area contributed by atoms with Gasteiger partial charge in [0.25, 0.3) is 5.91 Å². The zero-order valence-corrected chi connectivity index (χ0v) is 22.9. The minimum absolute atomic E-state index is 0.127. The molecule has 0 radical (unpaired) electrons. The number of likely N-dealkylation sites (tertiary alicyclic amines) is 1. The molecule has 5 rings (SSSR count). The Bertz CT molecular complexity index is 1480. The van der Waals surface area contributed by atoms with E-state index in [0.717, 1.165) is 28.3 Å². The maximum absolute atomic E-state index is 13.3. The van der Waals surface area contributed by atoms with E-state index in [1.54, 1.807) is 4.90 Å².